The van der Waals surface area contributed by atoms with Gasteiger partial charge in [-0.2, -0.15) is 13.2 Å². The zero-order chi connectivity index (χ0) is 13.6. The van der Waals surface area contributed by atoms with Crippen molar-refractivity contribution >= 4 is 11.9 Å². The van der Waals surface area contributed by atoms with Crippen LogP contribution in [0.15, 0.2) is 0 Å². The molecule has 0 fully saturated rings. The molecule has 0 aliphatic carbocycles. The van der Waals surface area contributed by atoms with E-state index in [-0.39, 0.29) is 4.90 Å². The van der Waals surface area contributed by atoms with Crippen molar-refractivity contribution in [2.24, 2.45) is 5.73 Å². The van der Waals surface area contributed by atoms with E-state index in [4.69, 9.17) is 15.9 Å². The number of alkyl halides is 3. The highest BCUT2D eigenvalue weighted by molar-refractivity contribution is 5.86. The summed E-state index contributed by atoms with van der Waals surface area (Å²) in [5.74, 6) is -2.54. The number of aliphatic hydroxyl groups is 1. The average molecular weight is 258 g/mol. The molecule has 0 aromatic rings. The molecule has 0 heterocycles. The van der Waals surface area contributed by atoms with Crippen molar-refractivity contribution in [2.75, 3.05) is 19.7 Å². The molecular formula is C8H13F3N2O4. The van der Waals surface area contributed by atoms with Crippen LogP contribution < -0.4 is 5.73 Å². The molecule has 0 radical (unpaired) electrons. The van der Waals surface area contributed by atoms with Gasteiger partial charge < -0.3 is 20.8 Å². The maximum Gasteiger partial charge on any atom is 0.406 e. The van der Waals surface area contributed by atoms with Crippen LogP contribution >= 0.6 is 0 Å². The van der Waals surface area contributed by atoms with Crippen LogP contribution in [-0.2, 0) is 9.59 Å². The Bertz CT molecular complexity index is 282. The molecule has 9 heteroatoms. The number of hydrogen-bond acceptors (Lipinski definition) is 4. The molecule has 6 nitrogen and oxygen atoms in total. The first-order valence-electron chi connectivity index (χ1n) is 4.61. The zero-order valence-electron chi connectivity index (χ0n) is 8.78. The lowest BCUT2D eigenvalue weighted by Crippen LogP contribution is -2.49. The maximum atomic E-state index is 12.1. The highest BCUT2D eigenvalue weighted by atomic mass is 19.4. The van der Waals surface area contributed by atoms with Gasteiger partial charge in [-0.1, -0.05) is 0 Å². The van der Waals surface area contributed by atoms with Gasteiger partial charge in [0, 0.05) is 6.54 Å². The molecule has 0 aliphatic rings. The van der Waals surface area contributed by atoms with Crippen molar-refractivity contribution in [1.82, 2.24) is 4.90 Å². The second-order valence-corrected chi connectivity index (χ2v) is 3.30. The lowest BCUT2D eigenvalue weighted by molar-refractivity contribution is -0.163. The van der Waals surface area contributed by atoms with Crippen LogP contribution in [0.3, 0.4) is 0 Å². The van der Waals surface area contributed by atoms with Crippen LogP contribution in [0.4, 0.5) is 13.2 Å². The largest absolute Gasteiger partial charge is 0.481 e. The number of amides is 1. The third-order valence-electron chi connectivity index (χ3n) is 1.76. The molecule has 0 aliphatic heterocycles. The molecular weight excluding hydrogens is 245 g/mol. The van der Waals surface area contributed by atoms with Crippen LogP contribution in [0.5, 0.6) is 0 Å². The first kappa shape index (κ1) is 15.7. The summed E-state index contributed by atoms with van der Waals surface area (Å²) < 4.78 is 36.2. The normalized spacial score (nSPS) is 13.2. The Morgan fingerprint density at radius 1 is 1.35 bits per heavy atom. The minimum Gasteiger partial charge on any atom is -0.481 e. The maximum absolute atomic E-state index is 12.1. The molecule has 0 aromatic carbocycles. The van der Waals surface area contributed by atoms with Crippen molar-refractivity contribution < 1.29 is 33.0 Å². The summed E-state index contributed by atoms with van der Waals surface area (Å²) in [5.41, 5.74) is 5.15. The van der Waals surface area contributed by atoms with Crippen LogP contribution in [0.2, 0.25) is 0 Å². The van der Waals surface area contributed by atoms with Gasteiger partial charge in [0.15, 0.2) is 0 Å². The second kappa shape index (κ2) is 6.40. The van der Waals surface area contributed by atoms with Crippen LogP contribution in [0.25, 0.3) is 0 Å². The monoisotopic (exact) mass is 258 g/mol. The number of nitrogens with two attached hydrogens (primary N) is 1. The summed E-state index contributed by atoms with van der Waals surface area (Å²) in [6, 6.07) is -1.55. The summed E-state index contributed by atoms with van der Waals surface area (Å²) in [7, 11) is 0. The molecule has 100 valence electrons. The smallest absolute Gasteiger partial charge is 0.406 e. The van der Waals surface area contributed by atoms with Gasteiger partial charge in [0.05, 0.1) is 19.1 Å². The Balaban J connectivity index is 4.58. The Morgan fingerprint density at radius 2 is 1.88 bits per heavy atom. The molecule has 1 amide bonds. The fraction of sp³-hybridized carbons (Fsp3) is 0.750. The van der Waals surface area contributed by atoms with Crippen LogP contribution in [0, 0.1) is 0 Å². The quantitative estimate of drug-likeness (QED) is 0.577. The number of hydrogen-bond donors (Lipinski definition) is 3. The molecule has 1 atom stereocenters. The number of carbonyl (C=O) groups is 2. The van der Waals surface area contributed by atoms with Gasteiger partial charge in [-0.3, -0.25) is 9.59 Å². The molecule has 0 rings (SSSR count). The van der Waals surface area contributed by atoms with Gasteiger partial charge >= 0.3 is 12.1 Å². The SMILES string of the molecule is NC(CC(=O)O)C(=O)N(CCO)CC(F)(F)F. The number of nitrogens with zero attached hydrogens (tertiary/aromatic N) is 1. The number of rotatable bonds is 6. The van der Waals surface area contributed by atoms with E-state index in [9.17, 15) is 22.8 Å². The predicted molar refractivity (Wildman–Crippen MR) is 49.9 cm³/mol. The number of carbonyl (C=O) groups excluding carboxylic acids is 1. The minimum atomic E-state index is -4.63. The number of aliphatic hydroxyl groups excluding tert-OH is 1. The summed E-state index contributed by atoms with van der Waals surface area (Å²) in [5, 5.41) is 16.9. The van der Waals surface area contributed by atoms with Crippen molar-refractivity contribution in [3.05, 3.63) is 0 Å². The van der Waals surface area contributed by atoms with Crippen molar-refractivity contribution in [1.29, 1.82) is 0 Å². The van der Waals surface area contributed by atoms with Gasteiger partial charge in [0.1, 0.15) is 6.54 Å². The second-order valence-electron chi connectivity index (χ2n) is 3.30. The van der Waals surface area contributed by atoms with Gasteiger partial charge in [0.25, 0.3) is 0 Å². The standard InChI is InChI=1S/C8H13F3N2O4/c9-8(10,11)4-13(1-2-14)7(17)5(12)3-6(15)16/h5,14H,1-4,12H2,(H,15,16). The summed E-state index contributed by atoms with van der Waals surface area (Å²) >= 11 is 0. The highest BCUT2D eigenvalue weighted by Gasteiger charge is 2.34. The van der Waals surface area contributed by atoms with Gasteiger partial charge in [-0.25, -0.2) is 0 Å². The number of carboxylic acid groups (broad SMARTS) is 1. The number of carboxylic acids is 1. The first-order valence-corrected chi connectivity index (χ1v) is 4.61. The van der Waals surface area contributed by atoms with E-state index in [0.29, 0.717) is 0 Å². The minimum absolute atomic E-state index is 0.285. The molecule has 0 spiro atoms. The lowest BCUT2D eigenvalue weighted by atomic mass is 10.2. The Labute approximate surface area is 94.8 Å². The van der Waals surface area contributed by atoms with Crippen molar-refractivity contribution in [2.45, 2.75) is 18.6 Å². The zero-order valence-corrected chi connectivity index (χ0v) is 8.78. The summed E-state index contributed by atoms with van der Waals surface area (Å²) in [6.45, 7) is -2.78. The van der Waals surface area contributed by atoms with E-state index in [0.717, 1.165) is 0 Å². The predicted octanol–water partition coefficient (Wildman–Crippen LogP) is -0.828. The van der Waals surface area contributed by atoms with E-state index in [1.807, 2.05) is 0 Å². The van der Waals surface area contributed by atoms with Crippen LogP contribution in [0.1, 0.15) is 6.42 Å². The fourth-order valence-corrected chi connectivity index (χ4v) is 1.11. The Morgan fingerprint density at radius 3 is 2.24 bits per heavy atom. The molecule has 0 saturated carbocycles. The van der Waals surface area contributed by atoms with Gasteiger partial charge in [0.2, 0.25) is 5.91 Å². The summed E-state index contributed by atoms with van der Waals surface area (Å²) in [4.78, 5) is 21.9. The van der Waals surface area contributed by atoms with Crippen molar-refractivity contribution in [3.63, 3.8) is 0 Å². The van der Waals surface area contributed by atoms with Crippen LogP contribution in [-0.4, -0.2) is 58.9 Å². The van der Waals surface area contributed by atoms with E-state index in [2.05, 4.69) is 0 Å². The molecule has 0 saturated heterocycles. The van der Waals surface area contributed by atoms with Crippen molar-refractivity contribution in [3.8, 4) is 0 Å². The Hall–Kier alpha value is -1.35. The molecule has 17 heavy (non-hydrogen) atoms. The third kappa shape index (κ3) is 6.74. The highest BCUT2D eigenvalue weighted by Crippen LogP contribution is 2.16. The van der Waals surface area contributed by atoms with E-state index in [1.165, 1.54) is 0 Å². The molecule has 4 N–H and O–H groups in total. The van der Waals surface area contributed by atoms with E-state index < -0.39 is 50.2 Å². The molecule has 1 unspecified atom stereocenters. The van der Waals surface area contributed by atoms with Gasteiger partial charge in [-0.05, 0) is 0 Å². The van der Waals surface area contributed by atoms with E-state index in [1.54, 1.807) is 0 Å². The topological polar surface area (TPSA) is 104 Å². The number of halogens is 3. The lowest BCUT2D eigenvalue weighted by Gasteiger charge is -2.25. The molecule has 0 aromatic heterocycles. The third-order valence-corrected chi connectivity index (χ3v) is 1.76. The summed E-state index contributed by atoms with van der Waals surface area (Å²) in [6.07, 6.45) is -5.40. The fourth-order valence-electron chi connectivity index (χ4n) is 1.11. The Kier molecular flexibility index (Phi) is 5.89. The molecule has 0 bridgehead atoms. The number of aliphatic carboxylic acids is 1. The average Bonchev–Trinajstić information content (AvgIpc) is 2.12. The first-order chi connectivity index (χ1) is 7.67. The van der Waals surface area contributed by atoms with Gasteiger partial charge in [-0.15, -0.1) is 0 Å². The van der Waals surface area contributed by atoms with E-state index >= 15 is 0 Å².